The van der Waals surface area contributed by atoms with Gasteiger partial charge in [-0.25, -0.2) is 9.79 Å². The fourth-order valence-corrected chi connectivity index (χ4v) is 3.23. The SMILES string of the molecule is CCCNC(=O)CSC(=Nc1ccc(C)cc1)c1c(O)n(C)c(=O)n(C)c1=O. The lowest BCUT2D eigenvalue weighted by Gasteiger charge is -2.12. The summed E-state index contributed by atoms with van der Waals surface area (Å²) in [5, 5.41) is 13.4. The quantitative estimate of drug-likeness (QED) is 0.560. The summed E-state index contributed by atoms with van der Waals surface area (Å²) < 4.78 is 1.87. The minimum Gasteiger partial charge on any atom is -0.494 e. The Morgan fingerprint density at radius 1 is 1.18 bits per heavy atom. The third kappa shape index (κ3) is 4.92. The predicted octanol–water partition coefficient (Wildman–Crippen LogP) is 1.44. The van der Waals surface area contributed by atoms with E-state index in [9.17, 15) is 19.5 Å². The van der Waals surface area contributed by atoms with Gasteiger partial charge >= 0.3 is 5.69 Å². The van der Waals surface area contributed by atoms with Crippen LogP contribution in [0.15, 0.2) is 38.8 Å². The molecule has 1 amide bonds. The summed E-state index contributed by atoms with van der Waals surface area (Å²) in [5.74, 6) is -0.666. The number of benzene rings is 1. The van der Waals surface area contributed by atoms with Gasteiger partial charge in [-0.15, -0.1) is 0 Å². The third-order valence-electron chi connectivity index (χ3n) is 4.02. The molecule has 1 heterocycles. The molecule has 0 aliphatic rings. The minimum absolute atomic E-state index is 0.0239. The van der Waals surface area contributed by atoms with E-state index < -0.39 is 17.1 Å². The third-order valence-corrected chi connectivity index (χ3v) is 5.00. The number of nitrogens with one attached hydrogen (secondary N) is 1. The van der Waals surface area contributed by atoms with Crippen molar-refractivity contribution >= 4 is 28.4 Å². The van der Waals surface area contributed by atoms with Crippen LogP contribution in [0.3, 0.4) is 0 Å². The van der Waals surface area contributed by atoms with E-state index in [1.165, 1.54) is 14.1 Å². The van der Waals surface area contributed by atoms with Gasteiger partial charge in [0, 0.05) is 20.6 Å². The van der Waals surface area contributed by atoms with Crippen molar-refractivity contribution < 1.29 is 9.90 Å². The fraction of sp³-hybridized carbons (Fsp3) is 0.368. The topological polar surface area (TPSA) is 106 Å². The summed E-state index contributed by atoms with van der Waals surface area (Å²) in [6, 6.07) is 7.29. The summed E-state index contributed by atoms with van der Waals surface area (Å²) in [4.78, 5) is 41.2. The average Bonchev–Trinajstić information content (AvgIpc) is 2.68. The smallest absolute Gasteiger partial charge is 0.333 e. The summed E-state index contributed by atoms with van der Waals surface area (Å²) >= 11 is 1.03. The van der Waals surface area contributed by atoms with Crippen LogP contribution in [0.1, 0.15) is 24.5 Å². The molecule has 1 aromatic heterocycles. The second-order valence-electron chi connectivity index (χ2n) is 6.30. The highest BCUT2D eigenvalue weighted by atomic mass is 32.2. The molecule has 8 nitrogen and oxygen atoms in total. The van der Waals surface area contributed by atoms with Crippen LogP contribution in [0.5, 0.6) is 5.88 Å². The van der Waals surface area contributed by atoms with Crippen LogP contribution in [0, 0.1) is 6.92 Å². The number of rotatable bonds is 6. The van der Waals surface area contributed by atoms with Crippen molar-refractivity contribution in [2.24, 2.45) is 19.1 Å². The molecule has 0 unspecified atom stereocenters. The number of thioether (sulfide) groups is 1. The standard InChI is InChI=1S/C19H24N4O4S/c1-5-10-20-14(24)11-28-16(21-13-8-6-12(2)7-9-13)15-17(25)22(3)19(27)23(4)18(15)26/h6-9,25H,5,10-11H2,1-4H3,(H,20,24). The van der Waals surface area contributed by atoms with Crippen molar-refractivity contribution in [1.29, 1.82) is 0 Å². The fourth-order valence-electron chi connectivity index (χ4n) is 2.37. The van der Waals surface area contributed by atoms with Gasteiger partial charge in [-0.05, 0) is 25.5 Å². The number of aryl methyl sites for hydroxylation is 1. The van der Waals surface area contributed by atoms with Crippen LogP contribution in [-0.2, 0) is 18.9 Å². The van der Waals surface area contributed by atoms with Crippen molar-refractivity contribution in [1.82, 2.24) is 14.5 Å². The molecule has 9 heteroatoms. The van der Waals surface area contributed by atoms with Gasteiger partial charge in [0.05, 0.1) is 11.4 Å². The number of hydrogen-bond donors (Lipinski definition) is 2. The summed E-state index contributed by atoms with van der Waals surface area (Å²) in [5.41, 5.74) is 0.184. The summed E-state index contributed by atoms with van der Waals surface area (Å²) in [6.45, 7) is 4.44. The Morgan fingerprint density at radius 2 is 1.82 bits per heavy atom. The maximum Gasteiger partial charge on any atom is 0.333 e. The van der Waals surface area contributed by atoms with Crippen LogP contribution in [-0.4, -0.2) is 37.5 Å². The Hall–Kier alpha value is -2.81. The summed E-state index contributed by atoms with van der Waals surface area (Å²) in [7, 11) is 2.69. The molecule has 0 saturated carbocycles. The number of nitrogens with zero attached hydrogens (tertiary/aromatic N) is 3. The largest absolute Gasteiger partial charge is 0.494 e. The van der Waals surface area contributed by atoms with Gasteiger partial charge in [0.1, 0.15) is 10.6 Å². The van der Waals surface area contributed by atoms with E-state index in [0.29, 0.717) is 12.2 Å². The van der Waals surface area contributed by atoms with Gasteiger partial charge in [-0.2, -0.15) is 0 Å². The molecule has 0 saturated heterocycles. The molecule has 2 aromatic rings. The first-order valence-electron chi connectivity index (χ1n) is 8.80. The van der Waals surface area contributed by atoms with E-state index in [0.717, 1.165) is 32.9 Å². The van der Waals surface area contributed by atoms with E-state index >= 15 is 0 Å². The molecule has 1 aromatic carbocycles. The van der Waals surface area contributed by atoms with Gasteiger partial charge in [0.2, 0.25) is 11.8 Å². The van der Waals surface area contributed by atoms with E-state index in [2.05, 4.69) is 10.3 Å². The molecular formula is C19H24N4O4S. The highest BCUT2D eigenvalue weighted by molar-refractivity contribution is 8.15. The molecule has 0 spiro atoms. The van der Waals surface area contributed by atoms with Crippen molar-refractivity contribution in [3.05, 3.63) is 56.2 Å². The molecule has 0 radical (unpaired) electrons. The zero-order valence-electron chi connectivity index (χ0n) is 16.4. The number of aliphatic imine (C=N–C) groups is 1. The summed E-state index contributed by atoms with van der Waals surface area (Å²) in [6.07, 6.45) is 0.808. The highest BCUT2D eigenvalue weighted by Crippen LogP contribution is 2.23. The van der Waals surface area contributed by atoms with E-state index in [4.69, 9.17) is 0 Å². The number of aromatic nitrogens is 2. The first kappa shape index (κ1) is 21.5. The van der Waals surface area contributed by atoms with Gasteiger partial charge in [0.15, 0.2) is 0 Å². The second kappa shape index (κ2) is 9.41. The van der Waals surface area contributed by atoms with Crippen molar-refractivity contribution in [2.75, 3.05) is 12.3 Å². The Labute approximate surface area is 166 Å². The number of hydrogen-bond acceptors (Lipinski definition) is 6. The van der Waals surface area contributed by atoms with Crippen molar-refractivity contribution in [3.8, 4) is 5.88 Å². The predicted molar refractivity (Wildman–Crippen MR) is 112 cm³/mol. The van der Waals surface area contributed by atoms with Crippen LogP contribution in [0.2, 0.25) is 0 Å². The molecular weight excluding hydrogens is 380 g/mol. The van der Waals surface area contributed by atoms with Crippen LogP contribution in [0.4, 0.5) is 5.69 Å². The van der Waals surface area contributed by atoms with Gasteiger partial charge in [-0.3, -0.25) is 18.7 Å². The average molecular weight is 404 g/mol. The zero-order valence-corrected chi connectivity index (χ0v) is 17.2. The van der Waals surface area contributed by atoms with Crippen LogP contribution < -0.4 is 16.6 Å². The van der Waals surface area contributed by atoms with Gasteiger partial charge in [-0.1, -0.05) is 36.4 Å². The van der Waals surface area contributed by atoms with Crippen molar-refractivity contribution in [3.63, 3.8) is 0 Å². The van der Waals surface area contributed by atoms with Gasteiger partial charge in [0.25, 0.3) is 5.56 Å². The molecule has 28 heavy (non-hydrogen) atoms. The molecule has 2 rings (SSSR count). The number of aromatic hydroxyl groups is 1. The lowest BCUT2D eigenvalue weighted by Crippen LogP contribution is -2.39. The normalized spacial score (nSPS) is 11.5. The zero-order chi connectivity index (χ0) is 20.8. The first-order chi connectivity index (χ1) is 13.3. The second-order valence-corrected chi connectivity index (χ2v) is 7.26. The molecule has 0 bridgehead atoms. The molecule has 150 valence electrons. The Kier molecular flexibility index (Phi) is 7.22. The Bertz CT molecular complexity index is 1010. The van der Waals surface area contributed by atoms with Crippen LogP contribution in [0.25, 0.3) is 0 Å². The number of amides is 1. The lowest BCUT2D eigenvalue weighted by molar-refractivity contribution is -0.118. The molecule has 2 N–H and O–H groups in total. The lowest BCUT2D eigenvalue weighted by atomic mass is 10.2. The Balaban J connectivity index is 2.53. The molecule has 0 aliphatic carbocycles. The molecule has 0 atom stereocenters. The minimum atomic E-state index is -0.673. The van der Waals surface area contributed by atoms with Gasteiger partial charge < -0.3 is 10.4 Å². The molecule has 0 aliphatic heterocycles. The van der Waals surface area contributed by atoms with E-state index in [1.807, 2.05) is 26.0 Å². The van der Waals surface area contributed by atoms with Crippen molar-refractivity contribution in [2.45, 2.75) is 20.3 Å². The maximum atomic E-state index is 12.7. The van der Waals surface area contributed by atoms with Crippen LogP contribution >= 0.6 is 11.8 Å². The van der Waals surface area contributed by atoms with E-state index in [-0.39, 0.29) is 22.3 Å². The first-order valence-corrected chi connectivity index (χ1v) is 9.79. The molecule has 0 fully saturated rings. The van der Waals surface area contributed by atoms with E-state index in [1.54, 1.807) is 12.1 Å². The monoisotopic (exact) mass is 404 g/mol. The highest BCUT2D eigenvalue weighted by Gasteiger charge is 2.21. The maximum absolute atomic E-state index is 12.7. The number of carbonyl (C=O) groups is 1. The number of carbonyl (C=O) groups excluding carboxylic acids is 1. The Morgan fingerprint density at radius 3 is 2.43 bits per heavy atom.